The fourth-order valence-corrected chi connectivity index (χ4v) is 3.70. The molecule has 2 amide bonds. The molecule has 2 aliphatic rings. The van der Waals surface area contributed by atoms with Crippen LogP contribution in [0.15, 0.2) is 30.3 Å². The van der Waals surface area contributed by atoms with Crippen LogP contribution < -0.4 is 15.4 Å². The summed E-state index contributed by atoms with van der Waals surface area (Å²) >= 11 is 6.01. The first kappa shape index (κ1) is 17.1. The summed E-state index contributed by atoms with van der Waals surface area (Å²) in [5, 5.41) is 6.45. The number of benzene rings is 2. The molecule has 1 heterocycles. The average molecular weight is 377 g/mol. The third-order valence-electron chi connectivity index (χ3n) is 4.68. The number of fused-ring (bicyclic) bond motifs is 2. The molecule has 0 bridgehead atoms. The number of amides is 2. The maximum atomic E-state index is 13.8. The summed E-state index contributed by atoms with van der Waals surface area (Å²) in [5.41, 5.74) is 3.50. The zero-order chi connectivity index (χ0) is 18.1. The van der Waals surface area contributed by atoms with E-state index in [-0.39, 0.29) is 31.2 Å². The van der Waals surface area contributed by atoms with Crippen molar-refractivity contribution >= 4 is 17.6 Å². The summed E-state index contributed by atoms with van der Waals surface area (Å²) in [4.78, 5) is 12.3. The van der Waals surface area contributed by atoms with Gasteiger partial charge in [-0.15, -0.1) is 0 Å². The van der Waals surface area contributed by atoms with Gasteiger partial charge in [-0.3, -0.25) is 0 Å². The molecular formula is C19H18ClFN2O3. The van der Waals surface area contributed by atoms with E-state index >= 15 is 0 Å². The predicted octanol–water partition coefficient (Wildman–Crippen LogP) is 3.83. The van der Waals surface area contributed by atoms with Crippen LogP contribution in [0.4, 0.5) is 9.18 Å². The summed E-state index contributed by atoms with van der Waals surface area (Å²) < 4.78 is 24.4. The van der Waals surface area contributed by atoms with Gasteiger partial charge >= 0.3 is 6.03 Å². The van der Waals surface area contributed by atoms with Crippen LogP contribution in [-0.4, -0.2) is 12.8 Å². The van der Waals surface area contributed by atoms with Gasteiger partial charge in [0.25, 0.3) is 0 Å². The van der Waals surface area contributed by atoms with Gasteiger partial charge in [-0.1, -0.05) is 17.7 Å². The number of aryl methyl sites for hydroxylation is 1. The molecule has 2 aromatic rings. The van der Waals surface area contributed by atoms with Crippen molar-refractivity contribution in [1.82, 2.24) is 10.6 Å². The highest BCUT2D eigenvalue weighted by atomic mass is 35.5. The molecule has 0 spiro atoms. The second kappa shape index (κ2) is 7.13. The number of nitrogens with one attached hydrogen (secondary N) is 2. The van der Waals surface area contributed by atoms with Crippen molar-refractivity contribution in [3.63, 3.8) is 0 Å². The van der Waals surface area contributed by atoms with E-state index in [0.717, 1.165) is 24.0 Å². The van der Waals surface area contributed by atoms with E-state index in [9.17, 15) is 9.18 Å². The molecule has 26 heavy (non-hydrogen) atoms. The lowest BCUT2D eigenvalue weighted by atomic mass is 10.1. The van der Waals surface area contributed by atoms with Crippen LogP contribution in [0.3, 0.4) is 0 Å². The normalized spacial score (nSPS) is 17.8. The summed E-state index contributed by atoms with van der Waals surface area (Å²) in [7, 11) is 0. The van der Waals surface area contributed by atoms with Gasteiger partial charge < -0.3 is 20.1 Å². The Hall–Kier alpha value is -2.31. The molecule has 0 aromatic heterocycles. The quantitative estimate of drug-likeness (QED) is 0.855. The van der Waals surface area contributed by atoms with Gasteiger partial charge in [0.05, 0.1) is 12.6 Å². The minimum atomic E-state index is -0.378. The highest BCUT2D eigenvalue weighted by Crippen LogP contribution is 2.33. The second-order valence-corrected chi connectivity index (χ2v) is 6.86. The first-order valence-corrected chi connectivity index (χ1v) is 8.82. The van der Waals surface area contributed by atoms with Crippen LogP contribution in [0, 0.1) is 5.82 Å². The van der Waals surface area contributed by atoms with Crippen LogP contribution in [-0.2, 0) is 24.3 Å². The summed E-state index contributed by atoms with van der Waals surface area (Å²) in [5.74, 6) is 0.204. The van der Waals surface area contributed by atoms with E-state index in [1.807, 2.05) is 18.2 Å². The van der Waals surface area contributed by atoms with Crippen LogP contribution in [0.1, 0.15) is 34.7 Å². The Bertz CT molecular complexity index is 859. The fourth-order valence-electron chi connectivity index (χ4n) is 3.51. The number of carbonyl (C=O) groups excluding carboxylic acids is 1. The minimum Gasteiger partial charge on any atom is -0.467 e. The van der Waals surface area contributed by atoms with Gasteiger partial charge in [0.15, 0.2) is 6.79 Å². The topological polar surface area (TPSA) is 59.6 Å². The molecule has 4 rings (SSSR count). The van der Waals surface area contributed by atoms with Crippen molar-refractivity contribution < 1.29 is 18.7 Å². The number of urea groups is 1. The molecular weight excluding hydrogens is 359 g/mol. The molecule has 136 valence electrons. The van der Waals surface area contributed by atoms with E-state index in [0.29, 0.717) is 28.5 Å². The second-order valence-electron chi connectivity index (χ2n) is 6.43. The first-order valence-electron chi connectivity index (χ1n) is 8.44. The smallest absolute Gasteiger partial charge is 0.315 e. The number of halogens is 2. The van der Waals surface area contributed by atoms with Crippen molar-refractivity contribution in [2.75, 3.05) is 6.79 Å². The largest absolute Gasteiger partial charge is 0.467 e. The lowest BCUT2D eigenvalue weighted by Crippen LogP contribution is -2.37. The van der Waals surface area contributed by atoms with E-state index in [1.54, 1.807) is 0 Å². The van der Waals surface area contributed by atoms with Crippen molar-refractivity contribution in [2.45, 2.75) is 32.0 Å². The molecule has 0 unspecified atom stereocenters. The highest BCUT2D eigenvalue weighted by Gasteiger charge is 2.24. The standard InChI is InChI=1S/C19H18ClFN2O3/c20-14-2-3-16-11(5-14)1-4-17(16)23-19(24)22-8-12-6-15(21)7-13-9-25-10-26-18(12)13/h2-3,5-7,17H,1,4,8-10H2,(H2,22,23,24)/t17-/m1/s1. The Labute approximate surface area is 155 Å². The molecule has 1 atom stereocenters. The molecule has 0 radical (unpaired) electrons. The monoisotopic (exact) mass is 376 g/mol. The highest BCUT2D eigenvalue weighted by molar-refractivity contribution is 6.30. The zero-order valence-electron chi connectivity index (χ0n) is 14.0. The lowest BCUT2D eigenvalue weighted by molar-refractivity contribution is -0.0173. The number of ether oxygens (including phenoxy) is 2. The SMILES string of the molecule is O=C(NCc1cc(F)cc2c1OCOC2)N[C@@H]1CCc2cc(Cl)ccc21. The van der Waals surface area contributed by atoms with E-state index in [4.69, 9.17) is 21.1 Å². The van der Waals surface area contributed by atoms with Gasteiger partial charge in [-0.2, -0.15) is 0 Å². The number of hydrogen-bond donors (Lipinski definition) is 2. The van der Waals surface area contributed by atoms with Crippen molar-refractivity contribution in [3.8, 4) is 5.75 Å². The van der Waals surface area contributed by atoms with Gasteiger partial charge in [0.1, 0.15) is 11.6 Å². The summed E-state index contributed by atoms with van der Waals surface area (Å²) in [6, 6.07) is 8.13. The Balaban J connectivity index is 1.41. The zero-order valence-corrected chi connectivity index (χ0v) is 14.7. The Morgan fingerprint density at radius 1 is 1.27 bits per heavy atom. The number of hydrogen-bond acceptors (Lipinski definition) is 3. The third kappa shape index (κ3) is 3.48. The molecule has 0 fully saturated rings. The molecule has 1 aliphatic carbocycles. The Kier molecular flexibility index (Phi) is 4.70. The van der Waals surface area contributed by atoms with Crippen LogP contribution in [0.2, 0.25) is 5.02 Å². The minimum absolute atomic E-state index is 0.0478. The molecule has 0 saturated heterocycles. The van der Waals surface area contributed by atoms with Crippen molar-refractivity contribution in [2.24, 2.45) is 0 Å². The van der Waals surface area contributed by atoms with Crippen LogP contribution in [0.25, 0.3) is 0 Å². The lowest BCUT2D eigenvalue weighted by Gasteiger charge is -2.21. The molecule has 0 saturated carbocycles. The molecule has 2 aromatic carbocycles. The van der Waals surface area contributed by atoms with Crippen molar-refractivity contribution in [1.29, 1.82) is 0 Å². The van der Waals surface area contributed by atoms with E-state index in [1.165, 1.54) is 12.1 Å². The average Bonchev–Trinajstić information content (AvgIpc) is 3.01. The van der Waals surface area contributed by atoms with Gasteiger partial charge in [0.2, 0.25) is 0 Å². The molecule has 1 aliphatic heterocycles. The van der Waals surface area contributed by atoms with Gasteiger partial charge in [-0.05, 0) is 48.2 Å². The Morgan fingerprint density at radius 2 is 2.15 bits per heavy atom. The maximum Gasteiger partial charge on any atom is 0.315 e. The van der Waals surface area contributed by atoms with Gasteiger partial charge in [0, 0.05) is 22.7 Å². The maximum absolute atomic E-state index is 13.8. The number of carbonyl (C=O) groups is 1. The third-order valence-corrected chi connectivity index (χ3v) is 4.91. The van der Waals surface area contributed by atoms with Crippen LogP contribution in [0.5, 0.6) is 5.75 Å². The van der Waals surface area contributed by atoms with Crippen molar-refractivity contribution in [3.05, 3.63) is 63.4 Å². The van der Waals surface area contributed by atoms with E-state index in [2.05, 4.69) is 10.6 Å². The predicted molar refractivity (Wildman–Crippen MR) is 94.6 cm³/mol. The van der Waals surface area contributed by atoms with E-state index < -0.39 is 0 Å². The first-order chi connectivity index (χ1) is 12.6. The molecule has 5 nitrogen and oxygen atoms in total. The summed E-state index contributed by atoms with van der Waals surface area (Å²) in [6.45, 7) is 0.596. The van der Waals surface area contributed by atoms with Crippen LogP contribution >= 0.6 is 11.6 Å². The molecule has 2 N–H and O–H groups in total. The Morgan fingerprint density at radius 3 is 3.04 bits per heavy atom. The summed E-state index contributed by atoms with van der Waals surface area (Å²) in [6.07, 6.45) is 1.71. The molecule has 7 heteroatoms. The number of rotatable bonds is 3. The fraction of sp³-hybridized carbons (Fsp3) is 0.316. The van der Waals surface area contributed by atoms with Gasteiger partial charge in [-0.25, -0.2) is 9.18 Å².